The van der Waals surface area contributed by atoms with Crippen molar-refractivity contribution in [2.45, 2.75) is 5.78 Å². The van der Waals surface area contributed by atoms with E-state index in [1.807, 2.05) is 12.1 Å². The van der Waals surface area contributed by atoms with Gasteiger partial charge in [0.2, 0.25) is 5.78 Å². The van der Waals surface area contributed by atoms with Crippen molar-refractivity contribution >= 4 is 36.6 Å². The highest BCUT2D eigenvalue weighted by atomic mass is 35.5. The van der Waals surface area contributed by atoms with Crippen molar-refractivity contribution in [3.8, 4) is 11.5 Å². The average molecular weight is 416 g/mol. The van der Waals surface area contributed by atoms with Crippen LogP contribution in [0.25, 0.3) is 0 Å². The molecule has 4 nitrogen and oxygen atoms in total. The normalized spacial score (nSPS) is 11.9. The van der Waals surface area contributed by atoms with Crippen LogP contribution >= 0.6 is 31.4 Å². The molecule has 0 amide bonds. The van der Waals surface area contributed by atoms with Crippen LogP contribution in [0.1, 0.15) is 11.3 Å². The molecule has 1 unspecified atom stereocenters. The van der Waals surface area contributed by atoms with Crippen LogP contribution in [0.3, 0.4) is 0 Å². The molecule has 0 N–H and O–H groups in total. The highest BCUT2D eigenvalue weighted by Gasteiger charge is 2.41. The number of isothiocyanates is 1. The fourth-order valence-electron chi connectivity index (χ4n) is 2.39. The highest BCUT2D eigenvalue weighted by molar-refractivity contribution is 7.78. The van der Waals surface area contributed by atoms with Crippen LogP contribution in [-0.4, -0.2) is 5.16 Å². The fraction of sp³-hybridized carbons (Fsp3) is 0.0500. The van der Waals surface area contributed by atoms with Crippen LogP contribution < -0.4 is 9.05 Å². The molecule has 3 aromatic carbocycles. The van der Waals surface area contributed by atoms with E-state index in [-0.39, 0.29) is 0 Å². The summed E-state index contributed by atoms with van der Waals surface area (Å²) in [7, 11) is -3.87. The summed E-state index contributed by atoms with van der Waals surface area (Å²) in [5.74, 6) is -0.196. The molecule has 0 aromatic heterocycles. The summed E-state index contributed by atoms with van der Waals surface area (Å²) in [5.41, 5.74) is 0.590. The Labute approximate surface area is 168 Å². The Bertz CT molecular complexity index is 932. The number of para-hydroxylation sites is 2. The minimum atomic E-state index is -3.87. The number of benzene rings is 3. The summed E-state index contributed by atoms with van der Waals surface area (Å²) in [4.78, 5) is 4.10. The van der Waals surface area contributed by atoms with Crippen molar-refractivity contribution in [1.82, 2.24) is 0 Å². The van der Waals surface area contributed by atoms with Gasteiger partial charge in [-0.2, -0.15) is 0 Å². The van der Waals surface area contributed by atoms with Gasteiger partial charge in [0.1, 0.15) is 11.5 Å². The summed E-state index contributed by atoms with van der Waals surface area (Å²) in [6.45, 7) is 0. The number of rotatable bonds is 7. The quantitative estimate of drug-likeness (QED) is 0.242. The zero-order valence-corrected chi connectivity index (χ0v) is 16.5. The first-order valence-corrected chi connectivity index (χ1v) is 10.4. The summed E-state index contributed by atoms with van der Waals surface area (Å²) in [6, 6.07) is 24.3. The third-order valence-electron chi connectivity index (χ3n) is 3.59. The lowest BCUT2D eigenvalue weighted by atomic mass is 10.2. The topological polar surface area (TPSA) is 47.9 Å². The fourth-order valence-corrected chi connectivity index (χ4v) is 4.50. The Morgan fingerprint density at radius 2 is 1.33 bits per heavy atom. The van der Waals surface area contributed by atoms with E-state index in [9.17, 15) is 4.57 Å². The maximum absolute atomic E-state index is 13.9. The van der Waals surface area contributed by atoms with Crippen molar-refractivity contribution in [3.63, 3.8) is 0 Å². The minimum Gasteiger partial charge on any atom is -0.414 e. The van der Waals surface area contributed by atoms with E-state index < -0.39 is 13.4 Å². The molecule has 0 saturated carbocycles. The predicted molar refractivity (Wildman–Crippen MR) is 111 cm³/mol. The molecule has 0 aliphatic carbocycles. The van der Waals surface area contributed by atoms with E-state index >= 15 is 0 Å². The van der Waals surface area contributed by atoms with Gasteiger partial charge < -0.3 is 9.05 Å². The zero-order valence-electron chi connectivity index (χ0n) is 14.1. The molecule has 7 heteroatoms. The van der Waals surface area contributed by atoms with E-state index in [2.05, 4.69) is 10.2 Å². The van der Waals surface area contributed by atoms with Crippen molar-refractivity contribution in [3.05, 3.63) is 95.5 Å². The van der Waals surface area contributed by atoms with Crippen LogP contribution in [0.2, 0.25) is 5.02 Å². The summed E-state index contributed by atoms with van der Waals surface area (Å²) in [6.07, 6.45) is 0. The van der Waals surface area contributed by atoms with Gasteiger partial charge in [0.25, 0.3) is 0 Å². The van der Waals surface area contributed by atoms with Crippen molar-refractivity contribution in [2.75, 3.05) is 0 Å². The Morgan fingerprint density at radius 3 is 1.78 bits per heavy atom. The van der Waals surface area contributed by atoms with E-state index in [1.165, 1.54) is 0 Å². The second kappa shape index (κ2) is 8.98. The van der Waals surface area contributed by atoms with E-state index in [0.717, 1.165) is 0 Å². The maximum atomic E-state index is 13.9. The Morgan fingerprint density at radius 1 is 0.852 bits per heavy atom. The summed E-state index contributed by atoms with van der Waals surface area (Å²) >= 11 is 10.7. The molecule has 3 aromatic rings. The van der Waals surface area contributed by atoms with Crippen LogP contribution in [-0.2, 0) is 4.57 Å². The first-order chi connectivity index (χ1) is 13.1. The minimum absolute atomic E-state index is 0.398. The maximum Gasteiger partial charge on any atom is 0.460 e. The van der Waals surface area contributed by atoms with Crippen LogP contribution in [0, 0.1) is 0 Å². The zero-order chi connectivity index (χ0) is 19.1. The van der Waals surface area contributed by atoms with Gasteiger partial charge in [-0.1, -0.05) is 60.1 Å². The van der Waals surface area contributed by atoms with Crippen molar-refractivity contribution in [1.29, 1.82) is 0 Å². The number of hydrogen-bond donors (Lipinski definition) is 0. The van der Waals surface area contributed by atoms with Crippen LogP contribution in [0.5, 0.6) is 11.5 Å². The second-order valence-electron chi connectivity index (χ2n) is 5.49. The first kappa shape index (κ1) is 19.3. The summed E-state index contributed by atoms with van der Waals surface area (Å²) < 4.78 is 25.5. The first-order valence-electron chi connectivity index (χ1n) is 8.02. The molecule has 0 fully saturated rings. The highest BCUT2D eigenvalue weighted by Crippen LogP contribution is 2.60. The van der Waals surface area contributed by atoms with Gasteiger partial charge in [-0.3, -0.25) is 0 Å². The van der Waals surface area contributed by atoms with Gasteiger partial charge >= 0.3 is 7.60 Å². The standard InChI is InChI=1S/C20H15ClNO3PS/c21-17-13-11-16(12-14-17)20(22-15-27)26(23,24-18-7-3-1-4-8-18)25-19-9-5-2-6-10-19/h1-14,20H. The molecule has 1 atom stereocenters. The molecule has 136 valence electrons. The SMILES string of the molecule is O=P(Oc1ccccc1)(Oc1ccccc1)C(N=C=S)c1ccc(Cl)cc1. The molecule has 0 heterocycles. The third-order valence-corrected chi connectivity index (χ3v) is 5.90. The smallest absolute Gasteiger partial charge is 0.414 e. The van der Waals surface area contributed by atoms with Crippen LogP contribution in [0.4, 0.5) is 0 Å². The lowest BCUT2D eigenvalue weighted by Crippen LogP contribution is -2.09. The molecule has 0 radical (unpaired) electrons. The van der Waals surface area contributed by atoms with Crippen LogP contribution in [0.15, 0.2) is 89.9 Å². The Balaban J connectivity index is 2.06. The lowest BCUT2D eigenvalue weighted by Gasteiger charge is -2.24. The Hall–Kier alpha value is -2.42. The Kier molecular flexibility index (Phi) is 6.44. The third kappa shape index (κ3) is 5.06. The number of thiocarbonyl (C=S) groups is 1. The molecular weight excluding hydrogens is 401 g/mol. The molecule has 0 aliphatic heterocycles. The van der Waals surface area contributed by atoms with E-state index in [4.69, 9.17) is 32.9 Å². The van der Waals surface area contributed by atoms with Crippen molar-refractivity contribution in [2.24, 2.45) is 4.99 Å². The summed E-state index contributed by atoms with van der Waals surface area (Å²) in [5, 5.41) is 2.85. The van der Waals surface area contributed by atoms with Gasteiger partial charge in [-0.05, 0) is 54.2 Å². The van der Waals surface area contributed by atoms with Crippen molar-refractivity contribution < 1.29 is 13.6 Å². The predicted octanol–water partition coefficient (Wildman–Crippen LogP) is 6.79. The van der Waals surface area contributed by atoms with Gasteiger partial charge in [0.05, 0.1) is 5.16 Å². The van der Waals surface area contributed by atoms with Gasteiger partial charge in [0.15, 0.2) is 0 Å². The molecule has 0 saturated heterocycles. The van der Waals surface area contributed by atoms with Gasteiger partial charge in [-0.25, -0.2) is 9.56 Å². The molecule has 0 aliphatic rings. The largest absolute Gasteiger partial charge is 0.460 e. The van der Waals surface area contributed by atoms with Gasteiger partial charge in [-0.15, -0.1) is 0 Å². The van der Waals surface area contributed by atoms with Gasteiger partial charge in [0, 0.05) is 5.02 Å². The van der Waals surface area contributed by atoms with E-state index in [0.29, 0.717) is 22.1 Å². The molecule has 0 spiro atoms. The monoisotopic (exact) mass is 415 g/mol. The number of halogens is 1. The molecule has 0 bridgehead atoms. The number of hydrogen-bond acceptors (Lipinski definition) is 5. The molecular formula is C20H15ClNO3PS. The average Bonchev–Trinajstić information content (AvgIpc) is 2.68. The molecule has 3 rings (SSSR count). The number of aliphatic imine (C=N–C) groups is 1. The lowest BCUT2D eigenvalue weighted by molar-refractivity contribution is 0.373. The second-order valence-corrected chi connectivity index (χ2v) is 8.05. The van der Waals surface area contributed by atoms with E-state index in [1.54, 1.807) is 72.8 Å². The molecule has 27 heavy (non-hydrogen) atoms. The number of nitrogens with zero attached hydrogens (tertiary/aromatic N) is 1.